The molecular formula is C14H18F3N3. The van der Waals surface area contributed by atoms with E-state index in [4.69, 9.17) is 0 Å². The maximum atomic E-state index is 12.8. The minimum Gasteiger partial charge on any atom is -0.316 e. The fraction of sp³-hybridized carbons (Fsp3) is 0.571. The van der Waals surface area contributed by atoms with E-state index < -0.39 is 12.7 Å². The Morgan fingerprint density at radius 3 is 2.65 bits per heavy atom. The summed E-state index contributed by atoms with van der Waals surface area (Å²) in [5, 5.41) is 6.40. The average Bonchev–Trinajstić information content (AvgIpc) is 2.60. The van der Waals surface area contributed by atoms with Crippen molar-refractivity contribution in [2.75, 3.05) is 31.2 Å². The highest BCUT2D eigenvalue weighted by molar-refractivity contribution is 5.58. The fourth-order valence-corrected chi connectivity index (χ4v) is 2.78. The highest BCUT2D eigenvalue weighted by Crippen LogP contribution is 2.35. The Morgan fingerprint density at radius 1 is 1.30 bits per heavy atom. The van der Waals surface area contributed by atoms with Gasteiger partial charge >= 0.3 is 6.18 Å². The Kier molecular flexibility index (Phi) is 3.38. The maximum absolute atomic E-state index is 12.8. The number of alkyl halides is 3. The third-order valence-corrected chi connectivity index (χ3v) is 3.88. The molecule has 0 spiro atoms. The molecule has 0 aromatic heterocycles. The van der Waals surface area contributed by atoms with Gasteiger partial charge < -0.3 is 5.32 Å². The Morgan fingerprint density at radius 2 is 2.05 bits per heavy atom. The largest absolute Gasteiger partial charge is 0.407 e. The van der Waals surface area contributed by atoms with Crippen LogP contribution in [-0.2, 0) is 6.54 Å². The van der Waals surface area contributed by atoms with Crippen LogP contribution in [0.1, 0.15) is 11.1 Å². The van der Waals surface area contributed by atoms with E-state index in [1.165, 1.54) is 5.01 Å². The van der Waals surface area contributed by atoms with Crippen LogP contribution in [0, 0.1) is 12.8 Å². The number of anilines is 1. The number of aryl methyl sites for hydroxylation is 1. The van der Waals surface area contributed by atoms with Crippen molar-refractivity contribution in [3.05, 3.63) is 29.3 Å². The minimum absolute atomic E-state index is 0.446. The molecule has 1 saturated heterocycles. The number of halogens is 3. The second-order valence-corrected chi connectivity index (χ2v) is 5.68. The van der Waals surface area contributed by atoms with Crippen LogP contribution in [0.15, 0.2) is 18.2 Å². The van der Waals surface area contributed by atoms with Crippen LogP contribution in [0.4, 0.5) is 18.9 Å². The number of hydrazine groups is 1. The van der Waals surface area contributed by atoms with Gasteiger partial charge in [0.1, 0.15) is 6.54 Å². The molecule has 3 rings (SSSR count). The standard InChI is InChI=1S/C14H18F3N3/c1-10-2-3-12-8-19(7-11-5-18-6-11)20(13(12)4-10)9-14(15,16)17/h2-4,11,18H,5-9H2,1H3. The van der Waals surface area contributed by atoms with E-state index in [1.54, 1.807) is 0 Å². The number of fused-ring (bicyclic) bond motifs is 1. The summed E-state index contributed by atoms with van der Waals surface area (Å²) in [6, 6.07) is 5.74. The third-order valence-electron chi connectivity index (χ3n) is 3.88. The summed E-state index contributed by atoms with van der Waals surface area (Å²) in [6.45, 7) is 4.03. The summed E-state index contributed by atoms with van der Waals surface area (Å²) in [5.74, 6) is 0.446. The molecule has 0 radical (unpaired) electrons. The first-order valence-electron chi connectivity index (χ1n) is 6.82. The van der Waals surface area contributed by atoms with Crippen molar-refractivity contribution in [2.24, 2.45) is 5.92 Å². The van der Waals surface area contributed by atoms with Gasteiger partial charge in [-0.3, -0.25) is 5.01 Å². The second-order valence-electron chi connectivity index (χ2n) is 5.68. The van der Waals surface area contributed by atoms with Gasteiger partial charge in [-0.05, 0) is 30.0 Å². The van der Waals surface area contributed by atoms with Crippen LogP contribution in [-0.4, -0.2) is 37.4 Å². The Balaban J connectivity index is 1.83. The molecule has 0 unspecified atom stereocenters. The summed E-state index contributed by atoms with van der Waals surface area (Å²) in [7, 11) is 0. The molecule has 1 aromatic carbocycles. The van der Waals surface area contributed by atoms with Crippen LogP contribution in [0.25, 0.3) is 0 Å². The first-order chi connectivity index (χ1) is 9.42. The smallest absolute Gasteiger partial charge is 0.316 e. The topological polar surface area (TPSA) is 18.5 Å². The lowest BCUT2D eigenvalue weighted by Gasteiger charge is -2.36. The van der Waals surface area contributed by atoms with Crippen molar-refractivity contribution < 1.29 is 13.2 Å². The molecule has 6 heteroatoms. The summed E-state index contributed by atoms with van der Waals surface area (Å²) < 4.78 is 38.5. The fourth-order valence-electron chi connectivity index (χ4n) is 2.78. The molecule has 2 aliphatic rings. The highest BCUT2D eigenvalue weighted by atomic mass is 19.4. The number of nitrogens with zero attached hydrogens (tertiary/aromatic N) is 2. The van der Waals surface area contributed by atoms with Crippen LogP contribution >= 0.6 is 0 Å². The van der Waals surface area contributed by atoms with Crippen molar-refractivity contribution in [1.29, 1.82) is 0 Å². The van der Waals surface area contributed by atoms with Crippen LogP contribution in [0.3, 0.4) is 0 Å². The molecule has 0 saturated carbocycles. The summed E-state index contributed by atoms with van der Waals surface area (Å²) >= 11 is 0. The minimum atomic E-state index is -4.19. The lowest BCUT2D eigenvalue weighted by molar-refractivity contribution is -0.125. The monoisotopic (exact) mass is 285 g/mol. The van der Waals surface area contributed by atoms with Gasteiger partial charge in [-0.15, -0.1) is 0 Å². The zero-order valence-corrected chi connectivity index (χ0v) is 11.4. The summed E-state index contributed by atoms with van der Waals surface area (Å²) in [5.41, 5.74) is 2.67. The zero-order valence-electron chi connectivity index (χ0n) is 11.4. The average molecular weight is 285 g/mol. The van der Waals surface area contributed by atoms with Gasteiger partial charge in [0.15, 0.2) is 0 Å². The highest BCUT2D eigenvalue weighted by Gasteiger charge is 2.38. The number of hydrogen-bond donors (Lipinski definition) is 1. The molecule has 2 heterocycles. The third kappa shape index (κ3) is 2.76. The first kappa shape index (κ1) is 13.7. The van der Waals surface area contributed by atoms with E-state index in [-0.39, 0.29) is 0 Å². The SMILES string of the molecule is Cc1ccc2c(c1)N(CC(F)(F)F)N(CC1CNC1)C2. The first-order valence-corrected chi connectivity index (χ1v) is 6.82. The molecular weight excluding hydrogens is 267 g/mol. The van der Waals surface area contributed by atoms with Gasteiger partial charge in [0.25, 0.3) is 0 Å². The van der Waals surface area contributed by atoms with Crippen molar-refractivity contribution >= 4 is 5.69 Å². The molecule has 1 fully saturated rings. The van der Waals surface area contributed by atoms with E-state index in [0.29, 0.717) is 24.7 Å². The zero-order chi connectivity index (χ0) is 14.3. The van der Waals surface area contributed by atoms with E-state index >= 15 is 0 Å². The molecule has 0 atom stereocenters. The normalized spacial score (nSPS) is 20.1. The van der Waals surface area contributed by atoms with Crippen molar-refractivity contribution in [3.8, 4) is 0 Å². The van der Waals surface area contributed by atoms with Crippen LogP contribution < -0.4 is 10.3 Å². The number of rotatable bonds is 3. The molecule has 20 heavy (non-hydrogen) atoms. The van der Waals surface area contributed by atoms with E-state index in [0.717, 1.165) is 24.2 Å². The van der Waals surface area contributed by atoms with Gasteiger partial charge in [0.05, 0.1) is 5.69 Å². The number of hydrogen-bond acceptors (Lipinski definition) is 3. The molecule has 0 bridgehead atoms. The quantitative estimate of drug-likeness (QED) is 0.919. The predicted octanol–water partition coefficient (Wildman–Crippen LogP) is 2.31. The Hall–Kier alpha value is -1.27. The van der Waals surface area contributed by atoms with Gasteiger partial charge in [0, 0.05) is 26.2 Å². The van der Waals surface area contributed by atoms with E-state index in [9.17, 15) is 13.2 Å². The predicted molar refractivity (Wildman–Crippen MR) is 71.3 cm³/mol. The molecule has 2 aliphatic heterocycles. The lowest BCUT2D eigenvalue weighted by Crippen LogP contribution is -2.52. The van der Waals surface area contributed by atoms with Crippen molar-refractivity contribution in [1.82, 2.24) is 10.3 Å². The number of benzene rings is 1. The van der Waals surface area contributed by atoms with Crippen molar-refractivity contribution in [2.45, 2.75) is 19.6 Å². The van der Waals surface area contributed by atoms with E-state index in [1.807, 2.05) is 30.1 Å². The number of nitrogens with one attached hydrogen (secondary N) is 1. The van der Waals surface area contributed by atoms with Gasteiger partial charge in [-0.1, -0.05) is 12.1 Å². The van der Waals surface area contributed by atoms with Crippen LogP contribution in [0.2, 0.25) is 0 Å². The lowest BCUT2D eigenvalue weighted by atomic mass is 10.0. The Labute approximate surface area is 116 Å². The second kappa shape index (κ2) is 4.93. The summed E-state index contributed by atoms with van der Waals surface area (Å²) in [6.07, 6.45) is -4.19. The molecule has 110 valence electrons. The maximum Gasteiger partial charge on any atom is 0.407 e. The molecule has 0 amide bonds. The van der Waals surface area contributed by atoms with Gasteiger partial charge in [0.2, 0.25) is 0 Å². The van der Waals surface area contributed by atoms with Crippen LogP contribution in [0.5, 0.6) is 0 Å². The summed E-state index contributed by atoms with van der Waals surface area (Å²) in [4.78, 5) is 0. The Bertz CT molecular complexity index is 497. The van der Waals surface area contributed by atoms with E-state index in [2.05, 4.69) is 5.32 Å². The van der Waals surface area contributed by atoms with Gasteiger partial charge in [-0.25, -0.2) is 5.01 Å². The molecule has 3 nitrogen and oxygen atoms in total. The van der Waals surface area contributed by atoms with Gasteiger partial charge in [-0.2, -0.15) is 13.2 Å². The molecule has 1 aromatic rings. The molecule has 0 aliphatic carbocycles. The molecule has 1 N–H and O–H groups in total. The van der Waals surface area contributed by atoms with Crippen molar-refractivity contribution in [3.63, 3.8) is 0 Å².